The van der Waals surface area contributed by atoms with Gasteiger partial charge in [-0.3, -0.25) is 4.79 Å². The van der Waals surface area contributed by atoms with Crippen molar-refractivity contribution in [2.45, 2.75) is 0 Å². The topological polar surface area (TPSA) is 135 Å². The number of hydrogen-bond donors (Lipinski definition) is 5. The summed E-state index contributed by atoms with van der Waals surface area (Å²) in [5.74, 6) is 0.401. The summed E-state index contributed by atoms with van der Waals surface area (Å²) in [4.78, 5) is 40.4. The van der Waals surface area contributed by atoms with Crippen molar-refractivity contribution in [2.75, 3.05) is 55.7 Å². The average Bonchev–Trinajstić information content (AvgIpc) is 3.26. The molecule has 1 saturated heterocycles. The Morgan fingerprint density at radius 2 is 1.94 bits per heavy atom. The Labute approximate surface area is 201 Å². The van der Waals surface area contributed by atoms with Gasteiger partial charge in [0.2, 0.25) is 0 Å². The summed E-state index contributed by atoms with van der Waals surface area (Å²) in [6.07, 6.45) is 1.59. The number of likely N-dealkylation sites (N-methyl/N-ethyl adjacent to an activating group) is 1. The number of carbonyl (C=O) groups excluding carboxylic acids is 1. The largest absolute Gasteiger partial charge is 0.397 e. The van der Waals surface area contributed by atoms with Gasteiger partial charge >= 0.3 is 6.03 Å². The van der Waals surface area contributed by atoms with Gasteiger partial charge in [0, 0.05) is 49.5 Å². The summed E-state index contributed by atoms with van der Waals surface area (Å²) in [5.41, 5.74) is 10.5. The van der Waals surface area contributed by atoms with Crippen LogP contribution in [0.25, 0.3) is 33.3 Å². The quantitative estimate of drug-likeness (QED) is 0.284. The fourth-order valence-electron chi connectivity index (χ4n) is 4.35. The van der Waals surface area contributed by atoms with Gasteiger partial charge in [0.25, 0.3) is 5.56 Å². The molecule has 2 amide bonds. The molecule has 1 aliphatic rings. The Kier molecular flexibility index (Phi) is 5.87. The standard InChI is InChI=1S/C25H28N8O2/c1-3-8-27-25(35)28-15-4-6-18-17(13-15)22(26)21(24(34)31-18)23-29-19-7-5-16(14-20(19)30-23)33-11-9-32(2)10-12-33/h3-7,13-14H,1,8-12H2,2H3,(H,29,30)(H3,26,31,34)(H2,27,28,35). The van der Waals surface area contributed by atoms with Crippen LogP contribution in [0.4, 0.5) is 21.9 Å². The highest BCUT2D eigenvalue weighted by molar-refractivity contribution is 6.01. The van der Waals surface area contributed by atoms with Crippen LogP contribution in [-0.4, -0.2) is 65.7 Å². The van der Waals surface area contributed by atoms with E-state index in [2.05, 4.69) is 61.1 Å². The number of piperazine rings is 1. The van der Waals surface area contributed by atoms with Gasteiger partial charge in [-0.2, -0.15) is 0 Å². The van der Waals surface area contributed by atoms with Crippen molar-refractivity contribution in [3.8, 4) is 11.4 Å². The van der Waals surface area contributed by atoms with Crippen LogP contribution >= 0.6 is 0 Å². The van der Waals surface area contributed by atoms with Crippen LogP contribution in [-0.2, 0) is 0 Å². The Morgan fingerprint density at radius 1 is 1.14 bits per heavy atom. The summed E-state index contributed by atoms with van der Waals surface area (Å²) in [5, 5.41) is 6.02. The number of nitrogens with zero attached hydrogens (tertiary/aromatic N) is 3. The van der Waals surface area contributed by atoms with E-state index in [4.69, 9.17) is 5.73 Å². The summed E-state index contributed by atoms with van der Waals surface area (Å²) < 4.78 is 0. The lowest BCUT2D eigenvalue weighted by atomic mass is 10.1. The second kappa shape index (κ2) is 9.15. The first kappa shape index (κ1) is 22.5. The van der Waals surface area contributed by atoms with Crippen molar-refractivity contribution >= 4 is 45.0 Å². The van der Waals surface area contributed by atoms with Crippen molar-refractivity contribution in [3.05, 3.63) is 59.4 Å². The monoisotopic (exact) mass is 472 g/mol. The maximum atomic E-state index is 13.0. The second-order valence-corrected chi connectivity index (χ2v) is 8.70. The van der Waals surface area contributed by atoms with Gasteiger partial charge in [-0.15, -0.1) is 6.58 Å². The highest BCUT2D eigenvalue weighted by Gasteiger charge is 2.18. The molecule has 0 bridgehead atoms. The van der Waals surface area contributed by atoms with Gasteiger partial charge < -0.3 is 36.1 Å². The molecule has 2 aromatic carbocycles. The first-order valence-corrected chi connectivity index (χ1v) is 11.5. The van der Waals surface area contributed by atoms with E-state index in [0.29, 0.717) is 29.0 Å². The van der Waals surface area contributed by atoms with Crippen LogP contribution < -0.4 is 26.8 Å². The van der Waals surface area contributed by atoms with Crippen LogP contribution in [0.2, 0.25) is 0 Å². The molecule has 0 aliphatic carbocycles. The highest BCUT2D eigenvalue weighted by Crippen LogP contribution is 2.31. The Morgan fingerprint density at radius 3 is 2.71 bits per heavy atom. The second-order valence-electron chi connectivity index (χ2n) is 8.70. The molecule has 0 radical (unpaired) electrons. The molecule has 6 N–H and O–H groups in total. The van der Waals surface area contributed by atoms with Gasteiger partial charge in [-0.1, -0.05) is 6.08 Å². The molecule has 10 heteroatoms. The third-order valence-electron chi connectivity index (χ3n) is 6.29. The number of nitrogen functional groups attached to an aromatic ring is 1. The van der Waals surface area contributed by atoms with E-state index in [1.54, 1.807) is 24.3 Å². The smallest absolute Gasteiger partial charge is 0.319 e. The molecule has 5 rings (SSSR count). The van der Waals surface area contributed by atoms with Crippen LogP contribution in [0, 0.1) is 0 Å². The van der Waals surface area contributed by atoms with Crippen LogP contribution in [0.3, 0.4) is 0 Å². The molecule has 2 aromatic heterocycles. The Balaban J connectivity index is 1.50. The molecule has 10 nitrogen and oxygen atoms in total. The van der Waals surface area contributed by atoms with Crippen molar-refractivity contribution < 1.29 is 4.79 Å². The molecular weight excluding hydrogens is 444 g/mol. The average molecular weight is 473 g/mol. The predicted molar refractivity (Wildman–Crippen MR) is 141 cm³/mol. The number of nitrogens with two attached hydrogens (primary N) is 1. The minimum Gasteiger partial charge on any atom is -0.397 e. The Bertz CT molecular complexity index is 1480. The molecule has 3 heterocycles. The normalized spacial score (nSPS) is 14.4. The number of urea groups is 1. The summed E-state index contributed by atoms with van der Waals surface area (Å²) in [7, 11) is 2.13. The molecule has 0 spiro atoms. The third-order valence-corrected chi connectivity index (χ3v) is 6.29. The molecule has 0 unspecified atom stereocenters. The fourth-order valence-corrected chi connectivity index (χ4v) is 4.35. The minimum absolute atomic E-state index is 0.267. The van der Waals surface area contributed by atoms with E-state index in [1.807, 2.05) is 6.07 Å². The number of fused-ring (bicyclic) bond motifs is 2. The summed E-state index contributed by atoms with van der Waals surface area (Å²) >= 11 is 0. The number of nitrogens with one attached hydrogen (secondary N) is 4. The van der Waals surface area contributed by atoms with Crippen LogP contribution in [0.1, 0.15) is 0 Å². The number of aromatic amines is 2. The van der Waals surface area contributed by atoms with E-state index in [1.165, 1.54) is 0 Å². The summed E-state index contributed by atoms with van der Waals surface area (Å²) in [6, 6.07) is 10.9. The number of hydrogen-bond acceptors (Lipinski definition) is 6. The predicted octanol–water partition coefficient (Wildman–Crippen LogP) is 2.71. The van der Waals surface area contributed by atoms with Gasteiger partial charge in [0.1, 0.15) is 11.4 Å². The zero-order valence-electron chi connectivity index (χ0n) is 19.5. The zero-order valence-corrected chi connectivity index (χ0v) is 19.5. The van der Waals surface area contributed by atoms with Gasteiger partial charge in [-0.05, 0) is 43.4 Å². The van der Waals surface area contributed by atoms with Crippen molar-refractivity contribution in [1.29, 1.82) is 0 Å². The van der Waals surface area contributed by atoms with E-state index in [-0.39, 0.29) is 22.8 Å². The molecule has 0 atom stereocenters. The summed E-state index contributed by atoms with van der Waals surface area (Å²) in [6.45, 7) is 7.88. The first-order chi connectivity index (χ1) is 16.9. The number of pyridine rings is 1. The van der Waals surface area contributed by atoms with Gasteiger partial charge in [0.15, 0.2) is 0 Å². The zero-order chi connectivity index (χ0) is 24.5. The highest BCUT2D eigenvalue weighted by atomic mass is 16.2. The van der Waals surface area contributed by atoms with Gasteiger partial charge in [0.05, 0.1) is 22.2 Å². The van der Waals surface area contributed by atoms with Crippen molar-refractivity contribution in [3.63, 3.8) is 0 Å². The number of amides is 2. The number of aromatic nitrogens is 3. The van der Waals surface area contributed by atoms with Crippen LogP contribution in [0.5, 0.6) is 0 Å². The molecule has 180 valence electrons. The Hall–Kier alpha value is -4.31. The molecule has 1 fully saturated rings. The number of rotatable bonds is 5. The minimum atomic E-state index is -0.360. The van der Waals surface area contributed by atoms with E-state index in [0.717, 1.165) is 42.9 Å². The molecule has 4 aromatic rings. The molecule has 1 aliphatic heterocycles. The number of H-pyrrole nitrogens is 2. The van der Waals surface area contributed by atoms with E-state index >= 15 is 0 Å². The maximum Gasteiger partial charge on any atom is 0.319 e. The molecule has 35 heavy (non-hydrogen) atoms. The first-order valence-electron chi connectivity index (χ1n) is 11.5. The van der Waals surface area contributed by atoms with Crippen LogP contribution in [0.15, 0.2) is 53.8 Å². The molecule has 0 saturated carbocycles. The lowest BCUT2D eigenvalue weighted by Gasteiger charge is -2.34. The van der Waals surface area contributed by atoms with Crippen molar-refractivity contribution in [1.82, 2.24) is 25.2 Å². The number of anilines is 3. The number of benzene rings is 2. The number of carbonyl (C=O) groups is 1. The lowest BCUT2D eigenvalue weighted by molar-refractivity contribution is 0.253. The number of imidazole rings is 1. The van der Waals surface area contributed by atoms with E-state index < -0.39 is 0 Å². The SMILES string of the molecule is C=CCNC(=O)Nc1ccc2[nH]c(=O)c(-c3nc4ccc(N5CCN(C)CC5)cc4[nH]3)c(N)c2c1. The third kappa shape index (κ3) is 4.43. The fraction of sp³-hybridized carbons (Fsp3) is 0.240. The molecular formula is C25H28N8O2. The van der Waals surface area contributed by atoms with E-state index in [9.17, 15) is 9.59 Å². The lowest BCUT2D eigenvalue weighted by Crippen LogP contribution is -2.44. The van der Waals surface area contributed by atoms with Gasteiger partial charge in [-0.25, -0.2) is 9.78 Å². The van der Waals surface area contributed by atoms with Crippen molar-refractivity contribution in [2.24, 2.45) is 0 Å². The maximum absolute atomic E-state index is 13.0.